The molecule has 3 aromatic rings. The molecule has 0 aliphatic heterocycles. The average Bonchev–Trinajstić information content (AvgIpc) is 2.68. The van der Waals surface area contributed by atoms with E-state index >= 15 is 0 Å². The van der Waals surface area contributed by atoms with Crippen molar-refractivity contribution in [2.45, 2.75) is 20.8 Å². The predicted octanol–water partition coefficient (Wildman–Crippen LogP) is 4.91. The van der Waals surface area contributed by atoms with E-state index in [0.29, 0.717) is 0 Å². The maximum atomic E-state index is 5.34. The molecule has 0 saturated carbocycles. The third kappa shape index (κ3) is 4.40. The van der Waals surface area contributed by atoms with E-state index in [1.807, 2.05) is 24.3 Å². The summed E-state index contributed by atoms with van der Waals surface area (Å²) < 4.78 is 10.7. The van der Waals surface area contributed by atoms with Crippen molar-refractivity contribution < 1.29 is 9.47 Å². The largest absolute Gasteiger partial charge is 0.497 e. The Kier molecular flexibility index (Phi) is 5.98. The summed E-state index contributed by atoms with van der Waals surface area (Å²) in [5.74, 6) is 4.19. The average molecular weight is 377 g/mol. The Morgan fingerprint density at radius 1 is 0.667 bits per heavy atom. The van der Waals surface area contributed by atoms with E-state index in [2.05, 4.69) is 63.0 Å². The zero-order valence-electron chi connectivity index (χ0n) is 16.6. The SMILES string of the molecule is COc1ccc([P+](=Cc2c(C)cc(C)cc2C)c2ccc(OC)cc2)cc1. The van der Waals surface area contributed by atoms with Crippen LogP contribution in [0.2, 0.25) is 0 Å². The van der Waals surface area contributed by atoms with Gasteiger partial charge >= 0.3 is 0 Å². The molecule has 0 bridgehead atoms. The molecule has 2 nitrogen and oxygen atoms in total. The van der Waals surface area contributed by atoms with Gasteiger partial charge in [0.05, 0.1) is 14.2 Å². The Labute approximate surface area is 163 Å². The maximum Gasteiger partial charge on any atom is 0.170 e. The molecule has 0 N–H and O–H groups in total. The Morgan fingerprint density at radius 2 is 1.07 bits per heavy atom. The fourth-order valence-electron chi connectivity index (χ4n) is 3.31. The molecule has 0 spiro atoms. The van der Waals surface area contributed by atoms with Crippen LogP contribution in [0.25, 0.3) is 0 Å². The van der Waals surface area contributed by atoms with Crippen molar-refractivity contribution in [3.63, 3.8) is 0 Å². The number of hydrogen-bond donors (Lipinski definition) is 0. The number of rotatable bonds is 5. The van der Waals surface area contributed by atoms with Gasteiger partial charge in [-0.1, -0.05) is 17.7 Å². The number of benzene rings is 3. The molecule has 0 heterocycles. The van der Waals surface area contributed by atoms with Gasteiger partial charge in [-0.15, -0.1) is 0 Å². The van der Waals surface area contributed by atoms with Gasteiger partial charge in [0.2, 0.25) is 0 Å². The molecule has 3 heteroatoms. The summed E-state index contributed by atoms with van der Waals surface area (Å²) in [5.41, 5.74) is 5.28. The fraction of sp³-hybridized carbons (Fsp3) is 0.208. The predicted molar refractivity (Wildman–Crippen MR) is 118 cm³/mol. The molecule has 0 atom stereocenters. The second-order valence-corrected chi connectivity index (χ2v) is 8.74. The lowest BCUT2D eigenvalue weighted by Gasteiger charge is -2.07. The molecule has 3 aromatic carbocycles. The lowest BCUT2D eigenvalue weighted by Crippen LogP contribution is -2.09. The van der Waals surface area contributed by atoms with E-state index in [0.717, 1.165) is 11.5 Å². The van der Waals surface area contributed by atoms with Crippen LogP contribution in [-0.4, -0.2) is 20.0 Å². The van der Waals surface area contributed by atoms with E-state index in [9.17, 15) is 0 Å². The van der Waals surface area contributed by atoms with Crippen molar-refractivity contribution in [1.29, 1.82) is 0 Å². The third-order valence-corrected chi connectivity index (χ3v) is 6.92. The lowest BCUT2D eigenvalue weighted by atomic mass is 10.0. The summed E-state index contributed by atoms with van der Waals surface area (Å²) in [7, 11) is 2.76. The zero-order valence-corrected chi connectivity index (χ0v) is 17.5. The van der Waals surface area contributed by atoms with E-state index in [1.165, 1.54) is 32.9 Å². The van der Waals surface area contributed by atoms with E-state index in [-0.39, 0.29) is 0 Å². The molecular weight excluding hydrogens is 351 g/mol. The normalized spacial score (nSPS) is 10.4. The Bertz CT molecular complexity index is 882. The second-order valence-electron chi connectivity index (χ2n) is 6.71. The summed E-state index contributed by atoms with van der Waals surface area (Å²) in [5, 5.41) is 2.60. The van der Waals surface area contributed by atoms with Gasteiger partial charge in [0.25, 0.3) is 0 Å². The van der Waals surface area contributed by atoms with Crippen molar-refractivity contribution in [3.05, 3.63) is 82.9 Å². The summed E-state index contributed by atoms with van der Waals surface area (Å²) in [4.78, 5) is 0. The first-order chi connectivity index (χ1) is 13.0. The Balaban J connectivity index is 2.17. The highest BCUT2D eigenvalue weighted by Gasteiger charge is 2.20. The minimum atomic E-state index is -0.640. The van der Waals surface area contributed by atoms with Gasteiger partial charge in [-0.05, 0) is 80.4 Å². The molecule has 0 radical (unpaired) electrons. The molecule has 0 aliphatic carbocycles. The van der Waals surface area contributed by atoms with Crippen LogP contribution in [0.3, 0.4) is 0 Å². The van der Waals surface area contributed by atoms with Gasteiger partial charge < -0.3 is 9.47 Å². The fourth-order valence-corrected chi connectivity index (χ4v) is 5.51. The maximum absolute atomic E-state index is 5.34. The van der Waals surface area contributed by atoms with Gasteiger partial charge in [0.1, 0.15) is 17.3 Å². The summed E-state index contributed by atoms with van der Waals surface area (Å²) in [6, 6.07) is 21.4. The minimum Gasteiger partial charge on any atom is -0.497 e. The molecule has 138 valence electrons. The van der Waals surface area contributed by atoms with Crippen molar-refractivity contribution in [1.82, 2.24) is 0 Å². The first-order valence-electron chi connectivity index (χ1n) is 9.02. The molecule has 0 fully saturated rings. The van der Waals surface area contributed by atoms with E-state index in [1.54, 1.807) is 14.2 Å². The van der Waals surface area contributed by atoms with Gasteiger partial charge in [0.15, 0.2) is 18.2 Å². The number of aryl methyl sites for hydroxylation is 3. The van der Waals surface area contributed by atoms with Gasteiger partial charge in [-0.2, -0.15) is 0 Å². The molecular formula is C24H26O2P+. The molecule has 3 rings (SSSR count). The van der Waals surface area contributed by atoms with Gasteiger partial charge in [0, 0.05) is 5.56 Å². The molecule has 0 unspecified atom stereocenters. The van der Waals surface area contributed by atoms with Crippen LogP contribution < -0.4 is 20.1 Å². The molecule has 0 amide bonds. The second kappa shape index (κ2) is 8.41. The quantitative estimate of drug-likeness (QED) is 0.588. The number of ether oxygens (including phenoxy) is 2. The van der Waals surface area contributed by atoms with Crippen LogP contribution in [0.5, 0.6) is 11.5 Å². The van der Waals surface area contributed by atoms with Crippen LogP contribution >= 0.6 is 7.55 Å². The van der Waals surface area contributed by atoms with Gasteiger partial charge in [-0.25, -0.2) is 0 Å². The molecule has 0 aromatic heterocycles. The number of methoxy groups -OCH3 is 2. The number of hydrogen-bond acceptors (Lipinski definition) is 2. The van der Waals surface area contributed by atoms with Gasteiger partial charge in [-0.3, -0.25) is 0 Å². The first kappa shape index (κ1) is 19.2. The summed E-state index contributed by atoms with van der Waals surface area (Å²) >= 11 is 0. The van der Waals surface area contributed by atoms with Crippen molar-refractivity contribution in [2.75, 3.05) is 14.2 Å². The monoisotopic (exact) mass is 377 g/mol. The highest BCUT2D eigenvalue weighted by molar-refractivity contribution is 7.72. The third-order valence-electron chi connectivity index (χ3n) is 4.70. The van der Waals surface area contributed by atoms with Crippen molar-refractivity contribution in [2.24, 2.45) is 0 Å². The topological polar surface area (TPSA) is 18.5 Å². The van der Waals surface area contributed by atoms with Crippen LogP contribution in [0.1, 0.15) is 22.3 Å². The standard InChI is InChI=1S/C24H26O2P/c1-17-14-18(2)24(19(3)15-17)16-27(22-10-6-20(25-4)7-11-22)23-12-8-21(26-5)9-13-23/h6-16H,1-5H3/q+1. The molecule has 0 aliphatic rings. The summed E-state index contributed by atoms with van der Waals surface area (Å²) in [6.07, 6.45) is 0. The lowest BCUT2D eigenvalue weighted by molar-refractivity contribution is 0.415. The highest BCUT2D eigenvalue weighted by Crippen LogP contribution is 2.27. The zero-order chi connectivity index (χ0) is 19.4. The molecule has 0 saturated heterocycles. The Morgan fingerprint density at radius 3 is 1.44 bits per heavy atom. The summed E-state index contributed by atoms with van der Waals surface area (Å²) in [6.45, 7) is 6.54. The molecule has 27 heavy (non-hydrogen) atoms. The smallest absolute Gasteiger partial charge is 0.170 e. The first-order valence-corrected chi connectivity index (χ1v) is 10.4. The van der Waals surface area contributed by atoms with Crippen LogP contribution in [0.15, 0.2) is 60.7 Å². The van der Waals surface area contributed by atoms with E-state index < -0.39 is 7.55 Å². The van der Waals surface area contributed by atoms with Crippen molar-refractivity contribution >= 4 is 24.0 Å². The van der Waals surface area contributed by atoms with E-state index in [4.69, 9.17) is 9.47 Å². The van der Waals surface area contributed by atoms with Crippen LogP contribution in [0, 0.1) is 20.8 Å². The minimum absolute atomic E-state index is 0.640. The van der Waals surface area contributed by atoms with Crippen LogP contribution in [0.4, 0.5) is 0 Å². The van der Waals surface area contributed by atoms with Crippen LogP contribution in [-0.2, 0) is 0 Å². The highest BCUT2D eigenvalue weighted by atomic mass is 31.1. The van der Waals surface area contributed by atoms with Crippen molar-refractivity contribution in [3.8, 4) is 11.5 Å². The Hall–Kier alpha value is -2.57.